The number of halogens is 1. The maximum atomic E-state index is 11.6. The molecule has 0 amide bonds. The molecule has 1 atom stereocenters. The predicted octanol–water partition coefficient (Wildman–Crippen LogP) is 2.66. The molecule has 0 saturated carbocycles. The second kappa shape index (κ2) is 6.66. The number of carbonyl (C=O) groups is 1. The van der Waals surface area contributed by atoms with Crippen molar-refractivity contribution in [2.75, 3.05) is 13.7 Å². The summed E-state index contributed by atoms with van der Waals surface area (Å²) in [5.41, 5.74) is 0.920. The Labute approximate surface area is 104 Å². The lowest BCUT2D eigenvalue weighted by Gasteiger charge is -2.16. The molecule has 0 bridgehead atoms. The van der Waals surface area contributed by atoms with Crippen molar-refractivity contribution < 1.29 is 9.53 Å². The summed E-state index contributed by atoms with van der Waals surface area (Å²) in [7, 11) is 1.40. The minimum atomic E-state index is -0.377. The van der Waals surface area contributed by atoms with E-state index in [0.29, 0.717) is 0 Å². The van der Waals surface area contributed by atoms with Crippen molar-refractivity contribution in [3.05, 3.63) is 34.3 Å². The van der Waals surface area contributed by atoms with Gasteiger partial charge in [0, 0.05) is 4.47 Å². The first-order valence-electron chi connectivity index (χ1n) is 5.25. The van der Waals surface area contributed by atoms with Gasteiger partial charge in [-0.25, -0.2) is 4.79 Å². The third-order valence-corrected chi connectivity index (χ3v) is 2.77. The molecule has 0 heterocycles. The van der Waals surface area contributed by atoms with E-state index in [1.54, 1.807) is 0 Å². The Morgan fingerprint density at radius 2 is 2.06 bits per heavy atom. The highest BCUT2D eigenvalue weighted by Gasteiger charge is 2.19. The van der Waals surface area contributed by atoms with Crippen molar-refractivity contribution >= 4 is 21.9 Å². The van der Waals surface area contributed by atoms with Crippen LogP contribution >= 0.6 is 15.9 Å². The topological polar surface area (TPSA) is 38.3 Å². The molecule has 16 heavy (non-hydrogen) atoms. The molecular weight excluding hydrogens is 270 g/mol. The molecule has 1 N–H and O–H groups in total. The number of methoxy groups -OCH3 is 1. The minimum Gasteiger partial charge on any atom is -0.468 e. The van der Waals surface area contributed by atoms with Gasteiger partial charge in [-0.2, -0.15) is 0 Å². The molecule has 88 valence electrons. The smallest absolute Gasteiger partial charge is 0.327 e. The molecular formula is C12H16BrNO2. The molecule has 0 radical (unpaired) electrons. The van der Waals surface area contributed by atoms with Gasteiger partial charge in [-0.3, -0.25) is 0 Å². The summed E-state index contributed by atoms with van der Waals surface area (Å²) >= 11 is 3.36. The summed E-state index contributed by atoms with van der Waals surface area (Å²) in [4.78, 5) is 11.6. The Bertz CT molecular complexity index is 337. The second-order valence-electron chi connectivity index (χ2n) is 3.46. The molecule has 0 spiro atoms. The molecule has 4 heteroatoms. The van der Waals surface area contributed by atoms with Crippen LogP contribution in [0.1, 0.15) is 24.9 Å². The molecule has 0 aromatic heterocycles. The van der Waals surface area contributed by atoms with Crippen LogP contribution in [-0.2, 0) is 9.53 Å². The van der Waals surface area contributed by atoms with Gasteiger partial charge in [0.1, 0.15) is 6.04 Å². The van der Waals surface area contributed by atoms with E-state index < -0.39 is 0 Å². The number of hydrogen-bond acceptors (Lipinski definition) is 3. The zero-order chi connectivity index (χ0) is 12.0. The highest BCUT2D eigenvalue weighted by molar-refractivity contribution is 9.10. The molecule has 3 nitrogen and oxygen atoms in total. The van der Waals surface area contributed by atoms with Gasteiger partial charge in [0.2, 0.25) is 0 Å². The zero-order valence-corrected chi connectivity index (χ0v) is 11.1. The van der Waals surface area contributed by atoms with Gasteiger partial charge in [0.05, 0.1) is 7.11 Å². The number of nitrogens with one attached hydrogen (secondary N) is 1. The number of rotatable bonds is 5. The third kappa shape index (κ3) is 3.61. The Balaban J connectivity index is 2.82. The van der Waals surface area contributed by atoms with Crippen LogP contribution in [0.25, 0.3) is 0 Å². The van der Waals surface area contributed by atoms with Crippen LogP contribution in [0.4, 0.5) is 0 Å². The van der Waals surface area contributed by atoms with Crippen molar-refractivity contribution in [3.63, 3.8) is 0 Å². The van der Waals surface area contributed by atoms with E-state index >= 15 is 0 Å². The largest absolute Gasteiger partial charge is 0.468 e. The Morgan fingerprint density at radius 3 is 2.56 bits per heavy atom. The fourth-order valence-corrected chi connectivity index (χ4v) is 1.66. The van der Waals surface area contributed by atoms with E-state index in [1.165, 1.54) is 7.11 Å². The van der Waals surface area contributed by atoms with E-state index in [1.807, 2.05) is 24.3 Å². The van der Waals surface area contributed by atoms with Gasteiger partial charge in [-0.15, -0.1) is 0 Å². The maximum absolute atomic E-state index is 11.6. The summed E-state index contributed by atoms with van der Waals surface area (Å²) in [6.45, 7) is 2.85. The molecule has 0 aliphatic heterocycles. The first-order chi connectivity index (χ1) is 7.69. The van der Waals surface area contributed by atoms with Gasteiger partial charge in [0.25, 0.3) is 0 Å². The van der Waals surface area contributed by atoms with Crippen molar-refractivity contribution in [3.8, 4) is 0 Å². The first kappa shape index (κ1) is 13.2. The average molecular weight is 286 g/mol. The SMILES string of the molecule is CCCNC(C(=O)OC)c1ccc(Br)cc1. The molecule has 1 aromatic carbocycles. The maximum Gasteiger partial charge on any atom is 0.327 e. The average Bonchev–Trinajstić information content (AvgIpc) is 2.31. The van der Waals surface area contributed by atoms with Crippen molar-refractivity contribution in [2.45, 2.75) is 19.4 Å². The number of hydrogen-bond donors (Lipinski definition) is 1. The van der Waals surface area contributed by atoms with Crippen molar-refractivity contribution in [1.29, 1.82) is 0 Å². The number of esters is 1. The van der Waals surface area contributed by atoms with Crippen molar-refractivity contribution in [2.24, 2.45) is 0 Å². The third-order valence-electron chi connectivity index (χ3n) is 2.24. The van der Waals surface area contributed by atoms with Gasteiger partial charge < -0.3 is 10.1 Å². The highest BCUT2D eigenvalue weighted by atomic mass is 79.9. The first-order valence-corrected chi connectivity index (χ1v) is 6.05. The monoisotopic (exact) mass is 285 g/mol. The van der Waals surface area contributed by atoms with Gasteiger partial charge in [-0.1, -0.05) is 35.0 Å². The highest BCUT2D eigenvalue weighted by Crippen LogP contribution is 2.18. The van der Waals surface area contributed by atoms with Gasteiger partial charge >= 0.3 is 5.97 Å². The lowest BCUT2D eigenvalue weighted by molar-refractivity contribution is -0.143. The van der Waals surface area contributed by atoms with Crippen molar-refractivity contribution in [1.82, 2.24) is 5.32 Å². The van der Waals surface area contributed by atoms with Gasteiger partial charge in [-0.05, 0) is 30.7 Å². The molecule has 1 unspecified atom stereocenters. The normalized spacial score (nSPS) is 12.2. The van der Waals surface area contributed by atoms with E-state index in [4.69, 9.17) is 4.74 Å². The molecule has 1 rings (SSSR count). The Hall–Kier alpha value is -0.870. The van der Waals surface area contributed by atoms with E-state index in [0.717, 1.165) is 23.0 Å². The van der Waals surface area contributed by atoms with Crippen LogP contribution in [0, 0.1) is 0 Å². The lowest BCUT2D eigenvalue weighted by atomic mass is 10.1. The minimum absolute atomic E-state index is 0.254. The zero-order valence-electron chi connectivity index (χ0n) is 9.50. The molecule has 0 aliphatic rings. The summed E-state index contributed by atoms with van der Waals surface area (Å²) in [6.07, 6.45) is 0.976. The lowest BCUT2D eigenvalue weighted by Crippen LogP contribution is -2.30. The molecule has 1 aromatic rings. The summed E-state index contributed by atoms with van der Waals surface area (Å²) < 4.78 is 5.78. The van der Waals surface area contributed by atoms with E-state index in [9.17, 15) is 4.79 Å². The number of carbonyl (C=O) groups excluding carboxylic acids is 1. The molecule has 0 aliphatic carbocycles. The van der Waals surface area contributed by atoms with E-state index in [-0.39, 0.29) is 12.0 Å². The van der Waals surface area contributed by atoms with Crippen LogP contribution in [0.3, 0.4) is 0 Å². The molecule has 0 fully saturated rings. The van der Waals surface area contributed by atoms with Gasteiger partial charge in [0.15, 0.2) is 0 Å². The number of benzene rings is 1. The van der Waals surface area contributed by atoms with Crippen LogP contribution < -0.4 is 5.32 Å². The standard InChI is InChI=1S/C12H16BrNO2/c1-3-8-14-11(12(15)16-2)9-4-6-10(13)7-5-9/h4-7,11,14H,3,8H2,1-2H3. The summed E-state index contributed by atoms with van der Waals surface area (Å²) in [6, 6.07) is 7.28. The predicted molar refractivity (Wildman–Crippen MR) is 67.2 cm³/mol. The van der Waals surface area contributed by atoms with Crippen LogP contribution in [-0.4, -0.2) is 19.6 Å². The van der Waals surface area contributed by atoms with Crippen LogP contribution in [0.15, 0.2) is 28.7 Å². The van der Waals surface area contributed by atoms with Crippen LogP contribution in [0.5, 0.6) is 0 Å². The Kier molecular flexibility index (Phi) is 5.49. The molecule has 0 saturated heterocycles. The van der Waals surface area contributed by atoms with Crippen LogP contribution in [0.2, 0.25) is 0 Å². The second-order valence-corrected chi connectivity index (χ2v) is 4.38. The quantitative estimate of drug-likeness (QED) is 0.846. The Morgan fingerprint density at radius 1 is 1.44 bits per heavy atom. The fourth-order valence-electron chi connectivity index (χ4n) is 1.40. The van der Waals surface area contributed by atoms with E-state index in [2.05, 4.69) is 28.2 Å². The number of ether oxygens (including phenoxy) is 1. The summed E-state index contributed by atoms with van der Waals surface area (Å²) in [5.74, 6) is -0.254. The summed E-state index contributed by atoms with van der Waals surface area (Å²) in [5, 5.41) is 3.17. The fraction of sp³-hybridized carbons (Fsp3) is 0.417.